The van der Waals surface area contributed by atoms with Gasteiger partial charge in [0.2, 0.25) is 0 Å². The fraction of sp³-hybridized carbons (Fsp3) is 0.192. The number of aromatic amines is 1. The van der Waals surface area contributed by atoms with Crippen molar-refractivity contribution < 1.29 is 14.6 Å². The molecule has 2 N–H and O–H groups in total. The van der Waals surface area contributed by atoms with E-state index >= 15 is 0 Å². The van der Waals surface area contributed by atoms with E-state index in [1.54, 1.807) is 23.1 Å². The molecular formula is C26H23N3O4S. The first kappa shape index (κ1) is 21.9. The van der Waals surface area contributed by atoms with Crippen LogP contribution in [0, 0.1) is 0 Å². The van der Waals surface area contributed by atoms with Crippen LogP contribution in [0.1, 0.15) is 24.2 Å². The van der Waals surface area contributed by atoms with Crippen molar-refractivity contribution in [2.24, 2.45) is 0 Å². The minimum absolute atomic E-state index is 0.0353. The molecule has 0 aliphatic carbocycles. The Bertz CT molecular complexity index is 1450. The summed E-state index contributed by atoms with van der Waals surface area (Å²) in [6.07, 6.45) is 3.53. The van der Waals surface area contributed by atoms with Gasteiger partial charge >= 0.3 is 0 Å². The van der Waals surface area contributed by atoms with Gasteiger partial charge in [0.15, 0.2) is 11.5 Å². The Morgan fingerprint density at radius 3 is 2.62 bits per heavy atom. The van der Waals surface area contributed by atoms with E-state index in [-0.39, 0.29) is 28.6 Å². The number of hydrogen-bond acceptors (Lipinski definition) is 6. The van der Waals surface area contributed by atoms with Crippen LogP contribution in [-0.4, -0.2) is 46.1 Å². The van der Waals surface area contributed by atoms with Crippen molar-refractivity contribution in [3.8, 4) is 21.9 Å². The molecule has 2 aromatic heterocycles. The predicted octanol–water partition coefficient (Wildman–Crippen LogP) is 4.53. The zero-order chi connectivity index (χ0) is 23.7. The van der Waals surface area contributed by atoms with Crippen LogP contribution in [0.5, 0.6) is 11.5 Å². The molecule has 8 heteroatoms. The molecule has 34 heavy (non-hydrogen) atoms. The van der Waals surface area contributed by atoms with Gasteiger partial charge in [-0.05, 0) is 48.2 Å². The summed E-state index contributed by atoms with van der Waals surface area (Å²) in [5, 5.41) is 10.7. The summed E-state index contributed by atoms with van der Waals surface area (Å²) in [5.41, 5.74) is 1.58. The number of aromatic nitrogens is 2. The summed E-state index contributed by atoms with van der Waals surface area (Å²) in [7, 11) is 1.47. The standard InChI is InChI=1S/C26H23N3O4S/c1-33-21-10-9-16(14-20(21)30)13-18(26(32)29-11-5-6-12-29)23-27-24(31)19-15-22(34-25(19)28-23)17-7-3-2-4-8-17/h2-4,7-10,13-15,30H,5-6,11-12H2,1H3,(H,27,28,31)/b18-13+. The maximum Gasteiger partial charge on any atom is 0.259 e. The lowest BCUT2D eigenvalue weighted by atomic mass is 10.1. The minimum atomic E-state index is -0.295. The van der Waals surface area contributed by atoms with Crippen LogP contribution >= 0.6 is 11.3 Å². The van der Waals surface area contributed by atoms with Crippen LogP contribution in [0.25, 0.3) is 32.3 Å². The summed E-state index contributed by atoms with van der Waals surface area (Å²) in [4.78, 5) is 37.2. The van der Waals surface area contributed by atoms with Crippen molar-refractivity contribution in [1.29, 1.82) is 0 Å². The molecule has 1 aliphatic rings. The van der Waals surface area contributed by atoms with Crippen LogP contribution in [0.4, 0.5) is 0 Å². The van der Waals surface area contributed by atoms with E-state index in [9.17, 15) is 14.7 Å². The second-order valence-corrected chi connectivity index (χ2v) is 9.13. The van der Waals surface area contributed by atoms with Crippen molar-refractivity contribution in [3.63, 3.8) is 0 Å². The van der Waals surface area contributed by atoms with E-state index < -0.39 is 0 Å². The number of thiophene rings is 1. The third-order valence-electron chi connectivity index (χ3n) is 5.85. The normalized spacial score (nSPS) is 14.0. The Morgan fingerprint density at radius 1 is 1.15 bits per heavy atom. The first-order valence-electron chi connectivity index (χ1n) is 11.0. The number of ether oxygens (including phenoxy) is 1. The van der Waals surface area contributed by atoms with Crippen molar-refractivity contribution >= 4 is 39.1 Å². The van der Waals surface area contributed by atoms with Gasteiger partial charge in [-0.1, -0.05) is 36.4 Å². The van der Waals surface area contributed by atoms with Crippen molar-refractivity contribution in [2.45, 2.75) is 12.8 Å². The molecule has 0 atom stereocenters. The van der Waals surface area contributed by atoms with Gasteiger partial charge in [-0.2, -0.15) is 0 Å². The number of H-pyrrole nitrogens is 1. The van der Waals surface area contributed by atoms with Crippen molar-refractivity contribution in [2.75, 3.05) is 20.2 Å². The number of aromatic hydroxyl groups is 1. The molecule has 4 aromatic rings. The number of hydrogen-bond donors (Lipinski definition) is 2. The van der Waals surface area contributed by atoms with E-state index in [2.05, 4.69) is 9.97 Å². The maximum atomic E-state index is 13.4. The number of fused-ring (bicyclic) bond motifs is 1. The number of benzene rings is 2. The molecule has 1 saturated heterocycles. The van der Waals surface area contributed by atoms with Gasteiger partial charge in [-0.25, -0.2) is 4.98 Å². The smallest absolute Gasteiger partial charge is 0.259 e. The summed E-state index contributed by atoms with van der Waals surface area (Å²) >= 11 is 1.41. The number of carbonyl (C=O) groups excluding carboxylic acids is 1. The van der Waals surface area contributed by atoms with Gasteiger partial charge in [0, 0.05) is 18.0 Å². The molecular weight excluding hydrogens is 450 g/mol. The molecule has 0 unspecified atom stereocenters. The minimum Gasteiger partial charge on any atom is -0.504 e. The molecule has 0 radical (unpaired) electrons. The number of phenols is 1. The molecule has 3 heterocycles. The lowest BCUT2D eigenvalue weighted by Crippen LogP contribution is -2.29. The highest BCUT2D eigenvalue weighted by Gasteiger charge is 2.25. The molecule has 2 aromatic carbocycles. The number of methoxy groups -OCH3 is 1. The largest absolute Gasteiger partial charge is 0.504 e. The Morgan fingerprint density at radius 2 is 1.91 bits per heavy atom. The van der Waals surface area contributed by atoms with Gasteiger partial charge < -0.3 is 19.7 Å². The third kappa shape index (κ3) is 4.20. The fourth-order valence-corrected chi connectivity index (χ4v) is 5.13. The van der Waals surface area contributed by atoms with Gasteiger partial charge in [0.05, 0.1) is 18.1 Å². The number of nitrogens with zero attached hydrogens (tertiary/aromatic N) is 2. The monoisotopic (exact) mass is 473 g/mol. The molecule has 0 spiro atoms. The molecule has 0 bridgehead atoms. The maximum absolute atomic E-state index is 13.4. The Balaban J connectivity index is 1.63. The Kier molecular flexibility index (Phi) is 5.90. The van der Waals surface area contributed by atoms with E-state index in [1.807, 2.05) is 36.4 Å². The number of phenolic OH excluding ortho intramolecular Hbond substituents is 1. The second-order valence-electron chi connectivity index (χ2n) is 8.10. The number of carbonyl (C=O) groups is 1. The van der Waals surface area contributed by atoms with E-state index in [4.69, 9.17) is 4.74 Å². The van der Waals surface area contributed by atoms with Crippen LogP contribution in [0.15, 0.2) is 59.4 Å². The number of amides is 1. The average Bonchev–Trinajstić information content (AvgIpc) is 3.53. The highest BCUT2D eigenvalue weighted by Crippen LogP contribution is 2.32. The quantitative estimate of drug-likeness (QED) is 0.415. The summed E-state index contributed by atoms with van der Waals surface area (Å²) in [6.45, 7) is 1.32. The third-order valence-corrected chi connectivity index (χ3v) is 6.93. The molecule has 1 aliphatic heterocycles. The molecule has 1 fully saturated rings. The van der Waals surface area contributed by atoms with E-state index in [1.165, 1.54) is 24.5 Å². The van der Waals surface area contributed by atoms with Crippen LogP contribution in [-0.2, 0) is 4.79 Å². The van der Waals surface area contributed by atoms with Crippen LogP contribution in [0.3, 0.4) is 0 Å². The SMILES string of the molecule is COc1ccc(/C=C(/C(=O)N2CCCC2)c2nc3sc(-c4ccccc4)cc3c(=O)[nH]2)cc1O. The van der Waals surface area contributed by atoms with Gasteiger partial charge in [0.25, 0.3) is 11.5 Å². The van der Waals surface area contributed by atoms with E-state index in [0.717, 1.165) is 23.3 Å². The van der Waals surface area contributed by atoms with Crippen LogP contribution in [0.2, 0.25) is 0 Å². The number of rotatable bonds is 5. The summed E-state index contributed by atoms with van der Waals surface area (Å²) in [5.74, 6) is 0.317. The number of nitrogens with one attached hydrogen (secondary N) is 1. The Labute approximate surface area is 200 Å². The van der Waals surface area contributed by atoms with Crippen molar-refractivity contribution in [1.82, 2.24) is 14.9 Å². The first-order valence-corrected chi connectivity index (χ1v) is 11.8. The van der Waals surface area contributed by atoms with Gasteiger partial charge in [-0.15, -0.1) is 11.3 Å². The van der Waals surface area contributed by atoms with Crippen molar-refractivity contribution in [3.05, 3.63) is 76.3 Å². The van der Waals surface area contributed by atoms with Gasteiger partial charge in [0.1, 0.15) is 10.7 Å². The average molecular weight is 474 g/mol. The highest BCUT2D eigenvalue weighted by atomic mass is 32.1. The predicted molar refractivity (Wildman–Crippen MR) is 134 cm³/mol. The summed E-state index contributed by atoms with van der Waals surface area (Å²) < 4.78 is 5.12. The summed E-state index contributed by atoms with van der Waals surface area (Å²) in [6, 6.07) is 16.5. The van der Waals surface area contributed by atoms with Crippen LogP contribution < -0.4 is 10.3 Å². The van der Waals surface area contributed by atoms with Gasteiger partial charge in [-0.3, -0.25) is 9.59 Å². The lowest BCUT2D eigenvalue weighted by molar-refractivity contribution is -0.123. The Hall–Kier alpha value is -3.91. The highest BCUT2D eigenvalue weighted by molar-refractivity contribution is 7.21. The molecule has 0 saturated carbocycles. The molecule has 172 valence electrons. The second kappa shape index (κ2) is 9.15. The zero-order valence-electron chi connectivity index (χ0n) is 18.6. The lowest BCUT2D eigenvalue weighted by Gasteiger charge is -2.17. The van der Waals surface area contributed by atoms with E-state index in [0.29, 0.717) is 34.6 Å². The first-order chi connectivity index (χ1) is 16.5. The molecule has 7 nitrogen and oxygen atoms in total. The molecule has 1 amide bonds. The topological polar surface area (TPSA) is 95.5 Å². The fourth-order valence-electron chi connectivity index (χ4n) is 4.09. The number of likely N-dealkylation sites (tertiary alicyclic amines) is 1. The zero-order valence-corrected chi connectivity index (χ0v) is 19.4. The molecule has 5 rings (SSSR count).